The molecule has 0 aliphatic carbocycles. The zero-order valence-corrected chi connectivity index (χ0v) is 19.8. The second kappa shape index (κ2) is 10.7. The second-order valence-electron chi connectivity index (χ2n) is 7.48. The minimum atomic E-state index is -3.92. The van der Waals surface area contributed by atoms with Gasteiger partial charge in [0.15, 0.2) is 18.2 Å². The van der Waals surface area contributed by atoms with Crippen LogP contribution in [0.5, 0.6) is 5.75 Å². The van der Waals surface area contributed by atoms with Crippen molar-refractivity contribution < 1.29 is 17.5 Å². The summed E-state index contributed by atoms with van der Waals surface area (Å²) in [4.78, 5) is 7.92. The third-order valence-electron chi connectivity index (χ3n) is 4.95. The van der Waals surface area contributed by atoms with Gasteiger partial charge >= 0.3 is 0 Å². The van der Waals surface area contributed by atoms with Crippen molar-refractivity contribution in [2.24, 2.45) is 5.14 Å². The molecule has 2 aromatic heterocycles. The maximum atomic E-state index is 14.6. The number of nitrogens with one attached hydrogen (secondary N) is 3. The molecule has 12 nitrogen and oxygen atoms in total. The van der Waals surface area contributed by atoms with Crippen molar-refractivity contribution in [3.8, 4) is 29.1 Å². The molecule has 0 bridgehead atoms. The van der Waals surface area contributed by atoms with Crippen LogP contribution >= 0.6 is 0 Å². The Kier molecular flexibility index (Phi) is 7.24. The monoisotopic (exact) mass is 519 g/mol. The summed E-state index contributed by atoms with van der Waals surface area (Å²) in [6.07, 6.45) is 2.55. The summed E-state index contributed by atoms with van der Waals surface area (Å²) < 4.78 is 43.3. The Balaban J connectivity index is 1.65. The highest BCUT2D eigenvalue weighted by Crippen LogP contribution is 2.35. The second-order valence-corrected chi connectivity index (χ2v) is 9.04. The molecule has 0 fully saturated rings. The summed E-state index contributed by atoms with van der Waals surface area (Å²) in [5.74, 6) is -0.564. The Bertz CT molecular complexity index is 1640. The maximum Gasteiger partial charge on any atom is 0.238 e. The molecule has 0 aliphatic heterocycles. The first-order chi connectivity index (χ1) is 17.8. The number of sulfonamides is 1. The fraction of sp³-hybridized carbons (Fsp3) is 0.0870. The van der Waals surface area contributed by atoms with E-state index in [1.165, 1.54) is 24.4 Å². The van der Waals surface area contributed by atoms with Gasteiger partial charge in [0, 0.05) is 22.5 Å². The molecule has 0 spiro atoms. The first-order valence-corrected chi connectivity index (χ1v) is 12.1. The Morgan fingerprint density at radius 3 is 2.65 bits per heavy atom. The summed E-state index contributed by atoms with van der Waals surface area (Å²) in [7, 11) is -3.92. The van der Waals surface area contributed by atoms with E-state index in [-0.39, 0.29) is 29.7 Å². The number of anilines is 4. The molecular weight excluding hydrogens is 501 g/mol. The van der Waals surface area contributed by atoms with Crippen LogP contribution in [0.15, 0.2) is 59.8 Å². The Hall–Kier alpha value is -5.05. The number of halogens is 1. The molecule has 5 N–H and O–H groups in total. The average molecular weight is 520 g/mol. The van der Waals surface area contributed by atoms with Crippen LogP contribution < -0.4 is 20.5 Å². The molecule has 2 heterocycles. The largest absolute Gasteiger partial charge is 0.478 e. The zero-order valence-electron chi connectivity index (χ0n) is 18.9. The molecule has 14 heteroatoms. The predicted molar refractivity (Wildman–Crippen MR) is 131 cm³/mol. The van der Waals surface area contributed by atoms with E-state index in [0.717, 1.165) is 6.20 Å². The van der Waals surface area contributed by atoms with Crippen LogP contribution in [0.25, 0.3) is 11.3 Å². The van der Waals surface area contributed by atoms with Crippen LogP contribution in [0.1, 0.15) is 5.56 Å². The van der Waals surface area contributed by atoms with Gasteiger partial charge in [0.2, 0.25) is 16.0 Å². The van der Waals surface area contributed by atoms with Crippen LogP contribution in [0.3, 0.4) is 0 Å². The van der Waals surface area contributed by atoms with Gasteiger partial charge in [-0.1, -0.05) is 6.07 Å². The van der Waals surface area contributed by atoms with E-state index in [1.54, 1.807) is 24.3 Å². The number of benzene rings is 2. The number of hydrogen-bond donors (Lipinski definition) is 4. The third-order valence-corrected chi connectivity index (χ3v) is 5.87. The number of nitriles is 2. The maximum absolute atomic E-state index is 14.6. The number of nitrogens with two attached hydrogens (primary N) is 1. The Morgan fingerprint density at radius 1 is 1.08 bits per heavy atom. The van der Waals surface area contributed by atoms with Crippen molar-refractivity contribution in [3.05, 3.63) is 66.2 Å². The third kappa shape index (κ3) is 5.96. The van der Waals surface area contributed by atoms with Crippen LogP contribution in [0.4, 0.5) is 27.5 Å². The van der Waals surface area contributed by atoms with Crippen molar-refractivity contribution in [2.75, 3.05) is 17.2 Å². The van der Waals surface area contributed by atoms with Gasteiger partial charge in [-0.25, -0.2) is 22.9 Å². The normalized spacial score (nSPS) is 10.8. The molecule has 4 aromatic rings. The first-order valence-electron chi connectivity index (χ1n) is 10.5. The van der Waals surface area contributed by atoms with E-state index in [2.05, 4.69) is 36.9 Å². The summed E-state index contributed by atoms with van der Waals surface area (Å²) in [6, 6.07) is 14.5. The topological polar surface area (TPSA) is 195 Å². The SMILES string of the molecule is N#CCOc1ccc(Nc2nc(Nc3cccc(S(N)(=O)=O)c3)ncc2F)cc1-c1[nH]ncc1CC#N. The van der Waals surface area contributed by atoms with Gasteiger partial charge in [-0.3, -0.25) is 5.10 Å². The number of aromatic nitrogens is 4. The van der Waals surface area contributed by atoms with E-state index in [4.69, 9.17) is 20.4 Å². The van der Waals surface area contributed by atoms with Crippen molar-refractivity contribution in [1.29, 1.82) is 10.5 Å². The fourth-order valence-electron chi connectivity index (χ4n) is 3.33. The standard InChI is InChI=1S/C23H18FN9O3S/c24-19-13-28-23(31-15-2-1-3-17(10-15)37(27,34)35)32-22(19)30-16-4-5-20(36-9-8-26)18(11-16)21-14(6-7-25)12-29-33-21/h1-5,10-13H,6,9H2,(H,29,33)(H2,27,34,35)(H2,28,30,31,32). The molecule has 0 saturated heterocycles. The number of ether oxygens (including phenoxy) is 1. The van der Waals surface area contributed by atoms with Gasteiger partial charge in [0.05, 0.1) is 35.5 Å². The highest BCUT2D eigenvalue weighted by molar-refractivity contribution is 7.89. The molecule has 186 valence electrons. The molecule has 2 aromatic carbocycles. The summed E-state index contributed by atoms with van der Waals surface area (Å²) in [5.41, 5.74) is 2.36. The van der Waals surface area contributed by atoms with Crippen molar-refractivity contribution >= 4 is 33.2 Å². The lowest BCUT2D eigenvalue weighted by Gasteiger charge is -2.14. The van der Waals surface area contributed by atoms with Gasteiger partial charge < -0.3 is 15.4 Å². The number of aromatic amines is 1. The summed E-state index contributed by atoms with van der Waals surface area (Å²) in [5, 5.41) is 35.7. The average Bonchev–Trinajstić information content (AvgIpc) is 3.33. The summed E-state index contributed by atoms with van der Waals surface area (Å²) >= 11 is 0. The lowest BCUT2D eigenvalue weighted by molar-refractivity contribution is 0.369. The van der Waals surface area contributed by atoms with Crippen LogP contribution in [-0.2, 0) is 16.4 Å². The van der Waals surface area contributed by atoms with Gasteiger partial charge in [0.1, 0.15) is 11.8 Å². The minimum Gasteiger partial charge on any atom is -0.478 e. The number of rotatable bonds is 9. The highest BCUT2D eigenvalue weighted by atomic mass is 32.2. The molecule has 0 amide bonds. The molecule has 0 unspecified atom stereocenters. The Morgan fingerprint density at radius 2 is 1.89 bits per heavy atom. The lowest BCUT2D eigenvalue weighted by Crippen LogP contribution is -2.12. The zero-order chi connectivity index (χ0) is 26.4. The van der Waals surface area contributed by atoms with Crippen molar-refractivity contribution in [1.82, 2.24) is 20.2 Å². The molecule has 37 heavy (non-hydrogen) atoms. The smallest absolute Gasteiger partial charge is 0.238 e. The highest BCUT2D eigenvalue weighted by Gasteiger charge is 2.16. The molecule has 4 rings (SSSR count). The van der Waals surface area contributed by atoms with Crippen LogP contribution in [0, 0.1) is 28.5 Å². The van der Waals surface area contributed by atoms with E-state index >= 15 is 0 Å². The summed E-state index contributed by atoms with van der Waals surface area (Å²) in [6.45, 7) is -0.205. The number of nitrogens with zero attached hydrogens (tertiary/aromatic N) is 5. The van der Waals surface area contributed by atoms with Crippen LogP contribution in [-0.4, -0.2) is 35.2 Å². The van der Waals surface area contributed by atoms with Crippen molar-refractivity contribution in [3.63, 3.8) is 0 Å². The lowest BCUT2D eigenvalue weighted by atomic mass is 10.0. The predicted octanol–water partition coefficient (Wildman–Crippen LogP) is 3.11. The van der Waals surface area contributed by atoms with Gasteiger partial charge in [-0.15, -0.1) is 0 Å². The van der Waals surface area contributed by atoms with Crippen LogP contribution in [0.2, 0.25) is 0 Å². The van der Waals surface area contributed by atoms with Gasteiger partial charge in [0.25, 0.3) is 0 Å². The number of primary sulfonamides is 1. The fourth-order valence-corrected chi connectivity index (χ4v) is 3.89. The molecule has 0 radical (unpaired) electrons. The molecule has 0 saturated carbocycles. The van der Waals surface area contributed by atoms with Gasteiger partial charge in [-0.05, 0) is 36.4 Å². The van der Waals surface area contributed by atoms with E-state index in [0.29, 0.717) is 33.9 Å². The molecule has 0 atom stereocenters. The van der Waals surface area contributed by atoms with Crippen molar-refractivity contribution in [2.45, 2.75) is 11.3 Å². The van der Waals surface area contributed by atoms with E-state index < -0.39 is 15.8 Å². The molecular formula is C23H18FN9O3S. The number of hydrogen-bond acceptors (Lipinski definition) is 10. The van der Waals surface area contributed by atoms with E-state index in [9.17, 15) is 12.8 Å². The first kappa shape index (κ1) is 25.1. The van der Waals surface area contributed by atoms with E-state index in [1.807, 2.05) is 6.07 Å². The minimum absolute atomic E-state index is 0.00505. The molecule has 0 aliphatic rings. The Labute approximate surface area is 210 Å². The quantitative estimate of drug-likeness (QED) is 0.255. The van der Waals surface area contributed by atoms with Gasteiger partial charge in [-0.2, -0.15) is 20.6 Å². The number of H-pyrrole nitrogens is 1.